The molecule has 2 aromatic carbocycles. The molecule has 3 rings (SSSR count). The first-order chi connectivity index (χ1) is 10.1. The van der Waals surface area contributed by atoms with Crippen molar-refractivity contribution in [2.24, 2.45) is 0 Å². The predicted octanol–water partition coefficient (Wildman–Crippen LogP) is 4.31. The lowest BCUT2D eigenvalue weighted by molar-refractivity contribution is 0.103. The summed E-state index contributed by atoms with van der Waals surface area (Å²) in [6, 6.07) is 9.76. The number of nitrogens with one attached hydrogen (secondary N) is 1. The number of aromatic amines is 1. The number of methoxy groups -OCH3 is 1. The topological polar surface area (TPSA) is 42.1 Å². The van der Waals surface area contributed by atoms with Crippen LogP contribution in [0.5, 0.6) is 5.75 Å². The molecule has 0 bridgehead atoms. The fourth-order valence-electron chi connectivity index (χ4n) is 2.24. The van der Waals surface area contributed by atoms with E-state index in [0.29, 0.717) is 11.3 Å². The SMILES string of the molecule is COc1ccc(C(=O)c2c[nH]c3cc(Br)ccc23)c(F)c1. The standard InChI is InChI=1S/C16H11BrFNO2/c1-21-10-3-5-12(14(18)7-10)16(20)13-8-19-15-6-9(17)2-4-11(13)15/h2-8,19H,1H3. The molecule has 0 unspecified atom stereocenters. The molecule has 0 aliphatic heterocycles. The van der Waals surface area contributed by atoms with Crippen LogP contribution in [0.4, 0.5) is 4.39 Å². The van der Waals surface area contributed by atoms with E-state index in [1.807, 2.05) is 18.2 Å². The molecule has 0 amide bonds. The highest BCUT2D eigenvalue weighted by Crippen LogP contribution is 2.26. The number of ketones is 1. The third-order valence-corrected chi connectivity index (χ3v) is 3.80. The van der Waals surface area contributed by atoms with Gasteiger partial charge >= 0.3 is 0 Å². The van der Waals surface area contributed by atoms with E-state index in [4.69, 9.17) is 4.74 Å². The first kappa shape index (κ1) is 13.8. The minimum Gasteiger partial charge on any atom is -0.497 e. The second-order valence-electron chi connectivity index (χ2n) is 4.57. The van der Waals surface area contributed by atoms with Gasteiger partial charge < -0.3 is 9.72 Å². The van der Waals surface area contributed by atoms with Gasteiger partial charge in [-0.2, -0.15) is 0 Å². The zero-order chi connectivity index (χ0) is 15.0. The Morgan fingerprint density at radius 2 is 2.00 bits per heavy atom. The Balaban J connectivity index is 2.08. The number of rotatable bonds is 3. The average Bonchev–Trinajstić information content (AvgIpc) is 2.89. The van der Waals surface area contributed by atoms with E-state index in [-0.39, 0.29) is 11.3 Å². The molecule has 1 aromatic heterocycles. The van der Waals surface area contributed by atoms with Crippen LogP contribution in [0.15, 0.2) is 47.1 Å². The number of benzene rings is 2. The molecule has 0 atom stereocenters. The van der Waals surface area contributed by atoms with E-state index < -0.39 is 5.82 Å². The smallest absolute Gasteiger partial charge is 0.198 e. The van der Waals surface area contributed by atoms with Crippen LogP contribution in [0.2, 0.25) is 0 Å². The summed E-state index contributed by atoms with van der Waals surface area (Å²) in [5, 5.41) is 0.762. The van der Waals surface area contributed by atoms with Crippen molar-refractivity contribution in [1.29, 1.82) is 0 Å². The fraction of sp³-hybridized carbons (Fsp3) is 0.0625. The van der Waals surface area contributed by atoms with Crippen molar-refractivity contribution in [3.63, 3.8) is 0 Å². The summed E-state index contributed by atoms with van der Waals surface area (Å²) in [6.07, 6.45) is 1.60. The molecule has 106 valence electrons. The van der Waals surface area contributed by atoms with Gasteiger partial charge in [0.25, 0.3) is 0 Å². The Morgan fingerprint density at radius 1 is 1.19 bits per heavy atom. The third kappa shape index (κ3) is 2.45. The fourth-order valence-corrected chi connectivity index (χ4v) is 2.60. The summed E-state index contributed by atoms with van der Waals surface area (Å²) in [4.78, 5) is 15.5. The quantitative estimate of drug-likeness (QED) is 0.717. The molecular formula is C16H11BrFNO2. The molecule has 3 nitrogen and oxygen atoms in total. The van der Waals surface area contributed by atoms with Gasteiger partial charge in [0.15, 0.2) is 5.78 Å². The Hall–Kier alpha value is -2.14. The number of aromatic nitrogens is 1. The summed E-state index contributed by atoms with van der Waals surface area (Å²) >= 11 is 3.37. The average molecular weight is 348 g/mol. The Bertz CT molecular complexity index is 841. The molecule has 0 spiro atoms. The lowest BCUT2D eigenvalue weighted by Crippen LogP contribution is -2.03. The highest BCUT2D eigenvalue weighted by Gasteiger charge is 2.18. The normalized spacial score (nSPS) is 10.8. The highest BCUT2D eigenvalue weighted by molar-refractivity contribution is 9.10. The second kappa shape index (κ2) is 5.33. The number of hydrogen-bond donors (Lipinski definition) is 1. The van der Waals surface area contributed by atoms with Crippen LogP contribution in [-0.4, -0.2) is 17.9 Å². The van der Waals surface area contributed by atoms with Gasteiger partial charge in [-0.05, 0) is 24.3 Å². The maximum absolute atomic E-state index is 14.0. The van der Waals surface area contributed by atoms with Crippen molar-refractivity contribution in [2.45, 2.75) is 0 Å². The minimum atomic E-state index is -0.592. The molecule has 0 aliphatic carbocycles. The number of fused-ring (bicyclic) bond motifs is 1. The number of carbonyl (C=O) groups excluding carboxylic acids is 1. The van der Waals surface area contributed by atoms with E-state index in [0.717, 1.165) is 15.4 Å². The maximum Gasteiger partial charge on any atom is 0.198 e. The van der Waals surface area contributed by atoms with E-state index in [9.17, 15) is 9.18 Å². The van der Waals surface area contributed by atoms with Crippen LogP contribution in [-0.2, 0) is 0 Å². The van der Waals surface area contributed by atoms with E-state index in [1.165, 1.54) is 19.2 Å². The molecule has 0 aliphatic rings. The predicted molar refractivity (Wildman–Crippen MR) is 82.4 cm³/mol. The summed E-state index contributed by atoms with van der Waals surface area (Å²) in [5.74, 6) is -0.568. The van der Waals surface area contributed by atoms with Gasteiger partial charge in [0, 0.05) is 33.2 Å². The van der Waals surface area contributed by atoms with Gasteiger partial charge in [-0.15, -0.1) is 0 Å². The number of carbonyl (C=O) groups is 1. The second-order valence-corrected chi connectivity index (χ2v) is 5.48. The van der Waals surface area contributed by atoms with Crippen molar-refractivity contribution < 1.29 is 13.9 Å². The van der Waals surface area contributed by atoms with Crippen molar-refractivity contribution in [3.8, 4) is 5.75 Å². The largest absolute Gasteiger partial charge is 0.497 e. The van der Waals surface area contributed by atoms with Gasteiger partial charge in [-0.25, -0.2) is 4.39 Å². The summed E-state index contributed by atoms with van der Waals surface area (Å²) in [5.41, 5.74) is 1.29. The van der Waals surface area contributed by atoms with E-state index >= 15 is 0 Å². The van der Waals surface area contributed by atoms with Gasteiger partial charge in [-0.3, -0.25) is 4.79 Å². The molecular weight excluding hydrogens is 337 g/mol. The van der Waals surface area contributed by atoms with Gasteiger partial charge in [-0.1, -0.05) is 22.0 Å². The number of ether oxygens (including phenoxy) is 1. The monoisotopic (exact) mass is 347 g/mol. The molecule has 0 saturated carbocycles. The molecule has 1 heterocycles. The lowest BCUT2D eigenvalue weighted by atomic mass is 10.0. The van der Waals surface area contributed by atoms with Crippen molar-refractivity contribution in [3.05, 3.63) is 64.0 Å². The number of H-pyrrole nitrogens is 1. The van der Waals surface area contributed by atoms with E-state index in [2.05, 4.69) is 20.9 Å². The first-order valence-corrected chi connectivity index (χ1v) is 7.04. The summed E-state index contributed by atoms with van der Waals surface area (Å²) in [6.45, 7) is 0. The number of halogens is 2. The van der Waals surface area contributed by atoms with Crippen LogP contribution >= 0.6 is 15.9 Å². The molecule has 0 fully saturated rings. The summed E-state index contributed by atoms with van der Waals surface area (Å²) < 4.78 is 19.9. The molecule has 5 heteroatoms. The van der Waals surface area contributed by atoms with Crippen LogP contribution in [0, 0.1) is 5.82 Å². The minimum absolute atomic E-state index is 0.0274. The molecule has 1 N–H and O–H groups in total. The third-order valence-electron chi connectivity index (χ3n) is 3.31. The Labute approximate surface area is 128 Å². The van der Waals surface area contributed by atoms with Crippen LogP contribution in [0.1, 0.15) is 15.9 Å². The zero-order valence-corrected chi connectivity index (χ0v) is 12.7. The number of hydrogen-bond acceptors (Lipinski definition) is 2. The zero-order valence-electron chi connectivity index (χ0n) is 11.1. The molecule has 3 aromatic rings. The van der Waals surface area contributed by atoms with E-state index in [1.54, 1.807) is 12.3 Å². The van der Waals surface area contributed by atoms with Crippen molar-refractivity contribution in [1.82, 2.24) is 4.98 Å². The molecule has 0 radical (unpaired) electrons. The first-order valence-electron chi connectivity index (χ1n) is 6.25. The van der Waals surface area contributed by atoms with Crippen LogP contribution in [0.25, 0.3) is 10.9 Å². The Kier molecular flexibility index (Phi) is 3.51. The van der Waals surface area contributed by atoms with Crippen LogP contribution in [0.3, 0.4) is 0 Å². The van der Waals surface area contributed by atoms with Gasteiger partial charge in [0.05, 0.1) is 12.7 Å². The van der Waals surface area contributed by atoms with Crippen LogP contribution < -0.4 is 4.74 Å². The highest BCUT2D eigenvalue weighted by atomic mass is 79.9. The van der Waals surface area contributed by atoms with Crippen molar-refractivity contribution in [2.75, 3.05) is 7.11 Å². The molecule has 21 heavy (non-hydrogen) atoms. The summed E-state index contributed by atoms with van der Waals surface area (Å²) in [7, 11) is 1.45. The Morgan fingerprint density at radius 3 is 2.71 bits per heavy atom. The van der Waals surface area contributed by atoms with Gasteiger partial charge in [0.2, 0.25) is 0 Å². The lowest BCUT2D eigenvalue weighted by Gasteiger charge is -2.04. The maximum atomic E-state index is 14.0. The van der Waals surface area contributed by atoms with Gasteiger partial charge in [0.1, 0.15) is 11.6 Å². The van der Waals surface area contributed by atoms with Crippen molar-refractivity contribution >= 4 is 32.6 Å². The molecule has 0 saturated heterocycles.